The number of nitrogens with zero attached hydrogens (tertiary/aromatic N) is 1. The second-order valence-electron chi connectivity index (χ2n) is 5.10. The van der Waals surface area contributed by atoms with Crippen molar-refractivity contribution >= 4 is 11.9 Å². The molecule has 1 N–H and O–H groups in total. The monoisotopic (exact) mass is 279 g/mol. The van der Waals surface area contributed by atoms with Gasteiger partial charge in [-0.25, -0.2) is 0 Å². The van der Waals surface area contributed by atoms with Crippen LogP contribution >= 0.6 is 0 Å². The van der Waals surface area contributed by atoms with Crippen molar-refractivity contribution in [3.63, 3.8) is 0 Å². The van der Waals surface area contributed by atoms with E-state index in [0.29, 0.717) is 18.1 Å². The zero-order chi connectivity index (χ0) is 15.1. The van der Waals surface area contributed by atoms with Gasteiger partial charge in [0.25, 0.3) is 5.91 Å². The molecular formula is C15H21NO4. The molecule has 20 heavy (non-hydrogen) atoms. The van der Waals surface area contributed by atoms with Gasteiger partial charge in [0.15, 0.2) is 0 Å². The Balaban J connectivity index is 2.58. The van der Waals surface area contributed by atoms with E-state index in [1.807, 2.05) is 0 Å². The lowest BCUT2D eigenvalue weighted by atomic mass is 10.2. The summed E-state index contributed by atoms with van der Waals surface area (Å²) < 4.78 is 5.54. The fourth-order valence-corrected chi connectivity index (χ4v) is 1.54. The molecule has 1 amide bonds. The molecule has 0 saturated carbocycles. The summed E-state index contributed by atoms with van der Waals surface area (Å²) >= 11 is 0. The smallest absolute Gasteiger partial charge is 0.305 e. The second kappa shape index (κ2) is 7.53. The number of carboxylic acids is 1. The molecule has 0 saturated heterocycles. The van der Waals surface area contributed by atoms with E-state index in [4.69, 9.17) is 9.84 Å². The van der Waals surface area contributed by atoms with Gasteiger partial charge in [-0.3, -0.25) is 9.59 Å². The van der Waals surface area contributed by atoms with Crippen LogP contribution in [0.2, 0.25) is 0 Å². The summed E-state index contributed by atoms with van der Waals surface area (Å²) in [6.45, 7) is 4.95. The van der Waals surface area contributed by atoms with E-state index < -0.39 is 5.97 Å². The van der Waals surface area contributed by atoms with Crippen molar-refractivity contribution in [3.8, 4) is 5.75 Å². The minimum Gasteiger partial charge on any atom is -0.493 e. The highest BCUT2D eigenvalue weighted by molar-refractivity contribution is 5.94. The molecule has 1 aromatic rings. The first-order valence-corrected chi connectivity index (χ1v) is 6.60. The molecule has 0 fully saturated rings. The van der Waals surface area contributed by atoms with E-state index in [0.717, 1.165) is 5.75 Å². The lowest BCUT2D eigenvalue weighted by molar-refractivity contribution is -0.137. The Labute approximate surface area is 119 Å². The first-order chi connectivity index (χ1) is 9.40. The highest BCUT2D eigenvalue weighted by Crippen LogP contribution is 2.14. The Bertz CT molecular complexity index is 453. The van der Waals surface area contributed by atoms with Gasteiger partial charge in [0, 0.05) is 19.2 Å². The number of carbonyl (C=O) groups excluding carboxylic acids is 1. The van der Waals surface area contributed by atoms with Crippen LogP contribution in [0, 0.1) is 5.92 Å². The highest BCUT2D eigenvalue weighted by atomic mass is 16.5. The number of benzene rings is 1. The van der Waals surface area contributed by atoms with Crippen LogP contribution in [0.25, 0.3) is 0 Å². The van der Waals surface area contributed by atoms with E-state index >= 15 is 0 Å². The molecule has 5 heteroatoms. The van der Waals surface area contributed by atoms with Crippen LogP contribution in [0.15, 0.2) is 24.3 Å². The highest BCUT2D eigenvalue weighted by Gasteiger charge is 2.12. The predicted molar refractivity (Wildman–Crippen MR) is 76.0 cm³/mol. The maximum atomic E-state index is 12.0. The first-order valence-electron chi connectivity index (χ1n) is 6.60. The van der Waals surface area contributed by atoms with Gasteiger partial charge in [0.1, 0.15) is 5.75 Å². The fourth-order valence-electron chi connectivity index (χ4n) is 1.54. The predicted octanol–water partition coefficient (Wildman–Crippen LogP) is 2.27. The van der Waals surface area contributed by atoms with Crippen LogP contribution < -0.4 is 4.74 Å². The number of aliphatic carboxylic acids is 1. The van der Waals surface area contributed by atoms with Crippen molar-refractivity contribution in [2.24, 2.45) is 5.92 Å². The molecule has 0 heterocycles. The molecule has 110 valence electrons. The Morgan fingerprint density at radius 2 is 1.85 bits per heavy atom. The topological polar surface area (TPSA) is 66.8 Å². The molecule has 0 aromatic heterocycles. The van der Waals surface area contributed by atoms with E-state index in [1.165, 1.54) is 4.90 Å². The van der Waals surface area contributed by atoms with Crippen LogP contribution in [0.3, 0.4) is 0 Å². The van der Waals surface area contributed by atoms with Crippen molar-refractivity contribution < 1.29 is 19.4 Å². The van der Waals surface area contributed by atoms with Gasteiger partial charge in [-0.2, -0.15) is 0 Å². The van der Waals surface area contributed by atoms with Gasteiger partial charge in [-0.1, -0.05) is 13.8 Å². The summed E-state index contributed by atoms with van der Waals surface area (Å²) in [5.74, 6) is 0.0608. The summed E-state index contributed by atoms with van der Waals surface area (Å²) in [6, 6.07) is 6.88. The standard InChI is InChI=1S/C15H21NO4/c1-11(2)10-20-13-6-4-12(5-7-13)15(19)16(3)9-8-14(17)18/h4-7,11H,8-10H2,1-3H3,(H,17,18). The number of rotatable bonds is 7. The summed E-state index contributed by atoms with van der Waals surface area (Å²) in [5, 5.41) is 8.60. The minimum atomic E-state index is -0.915. The number of carboxylic acid groups (broad SMARTS) is 1. The van der Waals surface area contributed by atoms with E-state index in [-0.39, 0.29) is 18.9 Å². The SMILES string of the molecule is CC(C)COc1ccc(C(=O)N(C)CCC(=O)O)cc1. The summed E-state index contributed by atoms with van der Waals surface area (Å²) in [4.78, 5) is 23.9. The van der Waals surface area contributed by atoms with Crippen LogP contribution in [0.5, 0.6) is 5.75 Å². The number of amides is 1. The third-order valence-electron chi connectivity index (χ3n) is 2.69. The molecule has 0 aliphatic rings. The van der Waals surface area contributed by atoms with Gasteiger partial charge in [0.05, 0.1) is 13.0 Å². The van der Waals surface area contributed by atoms with E-state index in [1.54, 1.807) is 31.3 Å². The average molecular weight is 279 g/mol. The lowest BCUT2D eigenvalue weighted by Gasteiger charge is -2.16. The van der Waals surface area contributed by atoms with Gasteiger partial charge in [-0.05, 0) is 30.2 Å². The van der Waals surface area contributed by atoms with Gasteiger partial charge >= 0.3 is 5.97 Å². The summed E-state index contributed by atoms with van der Waals surface area (Å²) in [6.07, 6.45) is -0.0577. The van der Waals surface area contributed by atoms with E-state index in [9.17, 15) is 9.59 Å². The zero-order valence-corrected chi connectivity index (χ0v) is 12.1. The normalized spacial score (nSPS) is 10.4. The molecule has 0 radical (unpaired) electrons. The van der Waals surface area contributed by atoms with Crippen molar-refractivity contribution in [1.82, 2.24) is 4.90 Å². The van der Waals surface area contributed by atoms with Crippen molar-refractivity contribution in [2.45, 2.75) is 20.3 Å². The zero-order valence-electron chi connectivity index (χ0n) is 12.1. The number of ether oxygens (including phenoxy) is 1. The molecule has 0 unspecified atom stereocenters. The summed E-state index contributed by atoms with van der Waals surface area (Å²) in [5.41, 5.74) is 0.523. The fraction of sp³-hybridized carbons (Fsp3) is 0.467. The Kier molecular flexibility index (Phi) is 6.03. The molecule has 0 spiro atoms. The molecule has 0 bridgehead atoms. The lowest BCUT2D eigenvalue weighted by Crippen LogP contribution is -2.28. The van der Waals surface area contributed by atoms with Crippen LogP contribution in [-0.2, 0) is 4.79 Å². The third kappa shape index (κ3) is 5.30. The Hall–Kier alpha value is -2.04. The number of hydrogen-bond donors (Lipinski definition) is 1. The van der Waals surface area contributed by atoms with Crippen molar-refractivity contribution in [3.05, 3.63) is 29.8 Å². The van der Waals surface area contributed by atoms with Crippen molar-refractivity contribution in [1.29, 1.82) is 0 Å². The number of hydrogen-bond acceptors (Lipinski definition) is 3. The summed E-state index contributed by atoms with van der Waals surface area (Å²) in [7, 11) is 1.59. The Morgan fingerprint density at radius 1 is 1.25 bits per heavy atom. The first kappa shape index (κ1) is 16.0. The molecule has 0 aliphatic heterocycles. The quantitative estimate of drug-likeness (QED) is 0.831. The third-order valence-corrected chi connectivity index (χ3v) is 2.69. The second-order valence-corrected chi connectivity index (χ2v) is 5.10. The molecule has 0 atom stereocenters. The average Bonchev–Trinajstić information content (AvgIpc) is 2.42. The largest absolute Gasteiger partial charge is 0.493 e. The van der Waals surface area contributed by atoms with E-state index in [2.05, 4.69) is 13.8 Å². The van der Waals surface area contributed by atoms with Crippen LogP contribution in [0.1, 0.15) is 30.6 Å². The molecule has 1 rings (SSSR count). The van der Waals surface area contributed by atoms with Gasteiger partial charge in [0.2, 0.25) is 0 Å². The maximum absolute atomic E-state index is 12.0. The minimum absolute atomic E-state index is 0.0577. The van der Waals surface area contributed by atoms with Crippen LogP contribution in [0.4, 0.5) is 0 Å². The molecule has 0 aliphatic carbocycles. The Morgan fingerprint density at radius 3 is 2.35 bits per heavy atom. The maximum Gasteiger partial charge on any atom is 0.305 e. The molecular weight excluding hydrogens is 258 g/mol. The number of carbonyl (C=O) groups is 2. The van der Waals surface area contributed by atoms with Crippen molar-refractivity contribution in [2.75, 3.05) is 20.2 Å². The molecule has 5 nitrogen and oxygen atoms in total. The van der Waals surface area contributed by atoms with Crippen LogP contribution in [-0.4, -0.2) is 42.1 Å². The molecule has 1 aromatic carbocycles. The van der Waals surface area contributed by atoms with Gasteiger partial charge < -0.3 is 14.7 Å². The van der Waals surface area contributed by atoms with Gasteiger partial charge in [-0.15, -0.1) is 0 Å².